The highest BCUT2D eigenvalue weighted by atomic mass is 32.2. The van der Waals surface area contributed by atoms with Crippen molar-refractivity contribution in [1.82, 2.24) is 19.8 Å². The largest absolute Gasteiger partial charge is 0.315 e. The highest BCUT2D eigenvalue weighted by Crippen LogP contribution is 2.23. The normalized spacial score (nSPS) is 21.3. The van der Waals surface area contributed by atoms with Gasteiger partial charge in [-0.2, -0.15) is 9.40 Å². The van der Waals surface area contributed by atoms with E-state index in [0.29, 0.717) is 22.8 Å². The molecule has 0 aliphatic carbocycles. The Morgan fingerprint density at radius 3 is 2.59 bits per heavy atom. The Labute approximate surface area is 101 Å². The van der Waals surface area contributed by atoms with E-state index in [1.54, 1.807) is 20.9 Å². The first kappa shape index (κ1) is 12.5. The smallest absolute Gasteiger partial charge is 0.246 e. The molecule has 2 N–H and O–H groups in total. The van der Waals surface area contributed by atoms with Gasteiger partial charge in [-0.05, 0) is 26.8 Å². The van der Waals surface area contributed by atoms with E-state index in [0.717, 1.165) is 13.0 Å². The third kappa shape index (κ3) is 2.10. The Hall–Kier alpha value is -0.920. The van der Waals surface area contributed by atoms with E-state index in [-0.39, 0.29) is 6.04 Å². The molecule has 0 aromatic carbocycles. The van der Waals surface area contributed by atoms with Gasteiger partial charge in [0.05, 0.1) is 11.4 Å². The number of aryl methyl sites for hydroxylation is 2. The van der Waals surface area contributed by atoms with Gasteiger partial charge < -0.3 is 5.32 Å². The molecule has 0 radical (unpaired) electrons. The predicted octanol–water partition coefficient (Wildman–Crippen LogP) is 0.00894. The summed E-state index contributed by atoms with van der Waals surface area (Å²) in [6.07, 6.45) is 0.853. The van der Waals surface area contributed by atoms with Crippen LogP contribution >= 0.6 is 0 Å². The Morgan fingerprint density at radius 1 is 1.41 bits per heavy atom. The van der Waals surface area contributed by atoms with Crippen LogP contribution < -0.4 is 5.32 Å². The van der Waals surface area contributed by atoms with Crippen LogP contribution in [-0.2, 0) is 10.0 Å². The summed E-state index contributed by atoms with van der Waals surface area (Å²) >= 11 is 0. The highest BCUT2D eigenvalue weighted by molar-refractivity contribution is 7.89. The van der Waals surface area contributed by atoms with E-state index in [2.05, 4.69) is 15.5 Å². The van der Waals surface area contributed by atoms with Gasteiger partial charge in [0.25, 0.3) is 0 Å². The van der Waals surface area contributed by atoms with Crippen LogP contribution in [0.2, 0.25) is 0 Å². The SMILES string of the molecule is Cc1n[nH]c(C)c1S(=O)(=O)N(C)[C@H]1CCNC1. The zero-order valence-corrected chi connectivity index (χ0v) is 11.1. The number of hydrogen-bond donors (Lipinski definition) is 2. The zero-order chi connectivity index (χ0) is 12.6. The van der Waals surface area contributed by atoms with Crippen molar-refractivity contribution in [3.05, 3.63) is 11.4 Å². The quantitative estimate of drug-likeness (QED) is 0.800. The van der Waals surface area contributed by atoms with Crippen molar-refractivity contribution in [2.45, 2.75) is 31.2 Å². The van der Waals surface area contributed by atoms with Gasteiger partial charge in [0.1, 0.15) is 4.90 Å². The van der Waals surface area contributed by atoms with Gasteiger partial charge in [0.15, 0.2) is 0 Å². The van der Waals surface area contributed by atoms with E-state index in [4.69, 9.17) is 0 Å². The highest BCUT2D eigenvalue weighted by Gasteiger charge is 2.33. The minimum absolute atomic E-state index is 0.0358. The molecule has 1 aliphatic heterocycles. The Morgan fingerprint density at radius 2 is 2.12 bits per heavy atom. The number of nitrogens with zero attached hydrogens (tertiary/aromatic N) is 2. The van der Waals surface area contributed by atoms with E-state index in [9.17, 15) is 8.42 Å². The van der Waals surface area contributed by atoms with Crippen molar-refractivity contribution >= 4 is 10.0 Å². The maximum absolute atomic E-state index is 12.5. The Kier molecular flexibility index (Phi) is 3.24. The van der Waals surface area contributed by atoms with Crippen LogP contribution in [-0.4, -0.2) is 49.1 Å². The molecule has 1 aliphatic rings. The maximum Gasteiger partial charge on any atom is 0.246 e. The summed E-state index contributed by atoms with van der Waals surface area (Å²) in [6, 6.07) is 0.0358. The lowest BCUT2D eigenvalue weighted by Gasteiger charge is -2.23. The summed E-state index contributed by atoms with van der Waals surface area (Å²) in [5.41, 5.74) is 1.13. The monoisotopic (exact) mass is 258 g/mol. The summed E-state index contributed by atoms with van der Waals surface area (Å²) < 4.78 is 26.4. The molecule has 1 saturated heterocycles. The third-order valence-electron chi connectivity index (χ3n) is 3.25. The van der Waals surface area contributed by atoms with Crippen molar-refractivity contribution in [3.63, 3.8) is 0 Å². The second-order valence-electron chi connectivity index (χ2n) is 4.43. The lowest BCUT2D eigenvalue weighted by molar-refractivity contribution is 0.387. The molecule has 0 amide bonds. The lowest BCUT2D eigenvalue weighted by atomic mass is 10.3. The fraction of sp³-hybridized carbons (Fsp3) is 0.700. The second-order valence-corrected chi connectivity index (χ2v) is 6.37. The third-order valence-corrected chi connectivity index (χ3v) is 5.42. The van der Waals surface area contributed by atoms with Crippen molar-refractivity contribution in [3.8, 4) is 0 Å². The van der Waals surface area contributed by atoms with Crippen LogP contribution in [0, 0.1) is 13.8 Å². The molecule has 0 unspecified atom stereocenters. The van der Waals surface area contributed by atoms with Gasteiger partial charge in [-0.1, -0.05) is 0 Å². The van der Waals surface area contributed by atoms with Crippen LogP contribution in [0.5, 0.6) is 0 Å². The van der Waals surface area contributed by atoms with Crippen LogP contribution in [0.3, 0.4) is 0 Å². The molecular weight excluding hydrogens is 240 g/mol. The minimum Gasteiger partial charge on any atom is -0.315 e. The van der Waals surface area contributed by atoms with Crippen molar-refractivity contribution < 1.29 is 8.42 Å². The molecule has 0 saturated carbocycles. The van der Waals surface area contributed by atoms with Crippen LogP contribution in [0.15, 0.2) is 4.90 Å². The summed E-state index contributed by atoms with van der Waals surface area (Å²) in [5, 5.41) is 9.83. The Balaban J connectivity index is 2.36. The first-order valence-corrected chi connectivity index (χ1v) is 7.09. The lowest BCUT2D eigenvalue weighted by Crippen LogP contribution is -2.38. The minimum atomic E-state index is -3.44. The molecule has 2 heterocycles. The molecule has 6 nitrogen and oxygen atoms in total. The summed E-state index contributed by atoms with van der Waals surface area (Å²) in [6.45, 7) is 5.02. The topological polar surface area (TPSA) is 78.1 Å². The summed E-state index contributed by atoms with van der Waals surface area (Å²) in [4.78, 5) is 0.312. The average molecular weight is 258 g/mol. The fourth-order valence-corrected chi connectivity index (χ4v) is 3.92. The van der Waals surface area contributed by atoms with Gasteiger partial charge in [0, 0.05) is 19.6 Å². The van der Waals surface area contributed by atoms with Crippen molar-refractivity contribution in [2.24, 2.45) is 0 Å². The summed E-state index contributed by atoms with van der Waals surface area (Å²) in [7, 11) is -1.80. The number of rotatable bonds is 3. The van der Waals surface area contributed by atoms with Crippen LogP contribution in [0.4, 0.5) is 0 Å². The number of sulfonamides is 1. The van der Waals surface area contributed by atoms with E-state index < -0.39 is 10.0 Å². The van der Waals surface area contributed by atoms with Gasteiger partial charge in [-0.15, -0.1) is 0 Å². The molecule has 0 spiro atoms. The molecular formula is C10H18N4O2S. The number of likely N-dealkylation sites (N-methyl/N-ethyl adjacent to an activating group) is 1. The van der Waals surface area contributed by atoms with Crippen molar-refractivity contribution in [1.29, 1.82) is 0 Å². The number of nitrogens with one attached hydrogen (secondary N) is 2. The van der Waals surface area contributed by atoms with Gasteiger partial charge in [0.2, 0.25) is 10.0 Å². The van der Waals surface area contributed by atoms with E-state index in [1.165, 1.54) is 4.31 Å². The molecule has 1 fully saturated rings. The number of H-pyrrole nitrogens is 1. The van der Waals surface area contributed by atoms with E-state index in [1.807, 2.05) is 0 Å². The van der Waals surface area contributed by atoms with E-state index >= 15 is 0 Å². The Bertz CT molecular complexity index is 483. The number of hydrogen-bond acceptors (Lipinski definition) is 4. The molecule has 1 aromatic rings. The molecule has 2 rings (SSSR count). The second kappa shape index (κ2) is 4.40. The van der Waals surface area contributed by atoms with Gasteiger partial charge in [-0.3, -0.25) is 5.10 Å². The number of aromatic nitrogens is 2. The molecule has 96 valence electrons. The first-order chi connectivity index (χ1) is 7.94. The van der Waals surface area contributed by atoms with Crippen molar-refractivity contribution in [2.75, 3.05) is 20.1 Å². The van der Waals surface area contributed by atoms with Crippen LogP contribution in [0.25, 0.3) is 0 Å². The average Bonchev–Trinajstić information content (AvgIpc) is 2.87. The van der Waals surface area contributed by atoms with Crippen LogP contribution in [0.1, 0.15) is 17.8 Å². The first-order valence-electron chi connectivity index (χ1n) is 5.65. The molecule has 17 heavy (non-hydrogen) atoms. The molecule has 1 aromatic heterocycles. The molecule has 1 atom stereocenters. The standard InChI is InChI=1S/C10H18N4O2S/c1-7-10(8(2)13-12-7)17(15,16)14(3)9-4-5-11-6-9/h9,11H,4-6H2,1-3H3,(H,12,13)/t9-/m0/s1. The zero-order valence-electron chi connectivity index (χ0n) is 10.3. The van der Waals surface area contributed by atoms with Gasteiger partial charge >= 0.3 is 0 Å². The fourth-order valence-electron chi connectivity index (χ4n) is 2.21. The van der Waals surface area contributed by atoms with Gasteiger partial charge in [-0.25, -0.2) is 8.42 Å². The molecule has 0 bridgehead atoms. The molecule has 7 heteroatoms. The number of aromatic amines is 1. The predicted molar refractivity (Wildman–Crippen MR) is 64.3 cm³/mol. The summed E-state index contributed by atoms with van der Waals surface area (Å²) in [5.74, 6) is 0. The maximum atomic E-state index is 12.5.